The first-order valence-electron chi connectivity index (χ1n) is 5.65. The Morgan fingerprint density at radius 3 is 1.84 bits per heavy atom. The van der Waals surface area contributed by atoms with Crippen LogP contribution in [0.25, 0.3) is 0 Å². The summed E-state index contributed by atoms with van der Waals surface area (Å²) < 4.78 is 0. The van der Waals surface area contributed by atoms with E-state index in [2.05, 4.69) is 0 Å². The maximum absolute atomic E-state index is 9.90. The van der Waals surface area contributed by atoms with Gasteiger partial charge >= 0.3 is 0 Å². The minimum absolute atomic E-state index is 0.0148. The summed E-state index contributed by atoms with van der Waals surface area (Å²) in [5, 5.41) is 47.7. The van der Waals surface area contributed by atoms with Gasteiger partial charge in [-0.25, -0.2) is 0 Å². The van der Waals surface area contributed by atoms with Gasteiger partial charge in [0.25, 0.3) is 0 Å². The SMILES string of the molecule is Cc1c(O)ccc(Cc2ccc(O)c(O)c2O)c1O. The molecule has 5 heteroatoms. The second-order valence-corrected chi connectivity index (χ2v) is 4.34. The first kappa shape index (κ1) is 12.9. The maximum atomic E-state index is 9.90. The van der Waals surface area contributed by atoms with Gasteiger partial charge in [0, 0.05) is 17.5 Å². The van der Waals surface area contributed by atoms with Crippen molar-refractivity contribution in [2.45, 2.75) is 13.3 Å². The molecule has 0 fully saturated rings. The summed E-state index contributed by atoms with van der Waals surface area (Å²) in [6.45, 7) is 1.57. The summed E-state index contributed by atoms with van der Waals surface area (Å²) in [4.78, 5) is 0. The minimum atomic E-state index is -0.590. The topological polar surface area (TPSA) is 101 Å². The highest BCUT2D eigenvalue weighted by atomic mass is 16.3. The molecule has 0 amide bonds. The van der Waals surface area contributed by atoms with Crippen molar-refractivity contribution in [3.05, 3.63) is 41.0 Å². The number of phenols is 5. The molecular formula is C14H14O5. The molecule has 0 atom stereocenters. The van der Waals surface area contributed by atoms with Crippen LogP contribution in [0.3, 0.4) is 0 Å². The third kappa shape index (κ3) is 2.22. The van der Waals surface area contributed by atoms with Crippen molar-refractivity contribution in [1.29, 1.82) is 0 Å². The minimum Gasteiger partial charge on any atom is -0.508 e. The summed E-state index contributed by atoms with van der Waals surface area (Å²) in [5.74, 6) is -1.50. The summed E-state index contributed by atoms with van der Waals surface area (Å²) in [7, 11) is 0. The average molecular weight is 262 g/mol. The number of rotatable bonds is 2. The Morgan fingerprint density at radius 2 is 1.21 bits per heavy atom. The number of aromatic hydroxyl groups is 5. The van der Waals surface area contributed by atoms with Gasteiger partial charge in [-0.1, -0.05) is 12.1 Å². The molecule has 19 heavy (non-hydrogen) atoms. The lowest BCUT2D eigenvalue weighted by molar-refractivity contribution is 0.365. The lowest BCUT2D eigenvalue weighted by Gasteiger charge is -2.11. The van der Waals surface area contributed by atoms with E-state index in [-0.39, 0.29) is 17.9 Å². The van der Waals surface area contributed by atoms with Gasteiger partial charge in [0.15, 0.2) is 11.5 Å². The van der Waals surface area contributed by atoms with E-state index in [1.54, 1.807) is 6.92 Å². The van der Waals surface area contributed by atoms with Crippen LogP contribution < -0.4 is 0 Å². The fraction of sp³-hybridized carbons (Fsp3) is 0.143. The average Bonchev–Trinajstić information content (AvgIpc) is 2.39. The highest BCUT2D eigenvalue weighted by Crippen LogP contribution is 2.39. The van der Waals surface area contributed by atoms with Crippen molar-refractivity contribution >= 4 is 0 Å². The van der Waals surface area contributed by atoms with E-state index in [1.807, 2.05) is 0 Å². The number of phenolic OH excluding ortho intramolecular Hbond substituents is 5. The molecule has 2 rings (SSSR count). The third-order valence-corrected chi connectivity index (χ3v) is 3.08. The number of hydrogen-bond donors (Lipinski definition) is 5. The Hall–Kier alpha value is -2.56. The third-order valence-electron chi connectivity index (χ3n) is 3.08. The molecular weight excluding hydrogens is 248 g/mol. The molecule has 0 radical (unpaired) electrons. The van der Waals surface area contributed by atoms with Crippen LogP contribution in [-0.2, 0) is 6.42 Å². The zero-order chi connectivity index (χ0) is 14.2. The molecule has 0 unspecified atom stereocenters. The first-order valence-corrected chi connectivity index (χ1v) is 5.65. The van der Waals surface area contributed by atoms with Crippen molar-refractivity contribution in [2.75, 3.05) is 0 Å². The Bertz CT molecular complexity index is 579. The van der Waals surface area contributed by atoms with Crippen LogP contribution in [0.4, 0.5) is 0 Å². The normalized spacial score (nSPS) is 10.6. The Balaban J connectivity index is 2.43. The second-order valence-electron chi connectivity index (χ2n) is 4.34. The lowest BCUT2D eigenvalue weighted by atomic mass is 10.00. The van der Waals surface area contributed by atoms with Gasteiger partial charge < -0.3 is 25.5 Å². The van der Waals surface area contributed by atoms with Gasteiger partial charge in [0.05, 0.1) is 0 Å². The lowest BCUT2D eigenvalue weighted by Crippen LogP contribution is -1.92. The molecule has 5 nitrogen and oxygen atoms in total. The van der Waals surface area contributed by atoms with Crippen LogP contribution in [0.2, 0.25) is 0 Å². The van der Waals surface area contributed by atoms with E-state index in [0.717, 1.165) is 0 Å². The molecule has 0 spiro atoms. The standard InChI is InChI=1S/C14H14O5/c1-7-10(15)4-2-8(12(7)17)6-9-3-5-11(16)14(19)13(9)18/h2-5,15-19H,6H2,1H3. The second kappa shape index (κ2) is 4.61. The molecule has 0 heterocycles. The predicted molar refractivity (Wildman–Crippen MR) is 68.8 cm³/mol. The molecule has 0 aromatic heterocycles. The summed E-state index contributed by atoms with van der Waals surface area (Å²) in [6.07, 6.45) is 0.159. The molecule has 0 saturated carbocycles. The van der Waals surface area contributed by atoms with Crippen LogP contribution >= 0.6 is 0 Å². The van der Waals surface area contributed by atoms with Gasteiger partial charge in [0.1, 0.15) is 11.5 Å². The van der Waals surface area contributed by atoms with Gasteiger partial charge in [-0.05, 0) is 24.6 Å². The van der Waals surface area contributed by atoms with Crippen molar-refractivity contribution in [2.24, 2.45) is 0 Å². The van der Waals surface area contributed by atoms with E-state index in [0.29, 0.717) is 16.7 Å². The fourth-order valence-electron chi connectivity index (χ4n) is 1.85. The zero-order valence-electron chi connectivity index (χ0n) is 10.3. The van der Waals surface area contributed by atoms with E-state index < -0.39 is 17.2 Å². The van der Waals surface area contributed by atoms with E-state index in [4.69, 9.17) is 0 Å². The van der Waals surface area contributed by atoms with E-state index in [1.165, 1.54) is 24.3 Å². The molecule has 0 aliphatic heterocycles. The van der Waals surface area contributed by atoms with Gasteiger partial charge in [-0.15, -0.1) is 0 Å². The molecule has 0 aliphatic carbocycles. The Morgan fingerprint density at radius 1 is 0.684 bits per heavy atom. The zero-order valence-corrected chi connectivity index (χ0v) is 10.3. The van der Waals surface area contributed by atoms with E-state index in [9.17, 15) is 25.5 Å². The largest absolute Gasteiger partial charge is 0.508 e. The van der Waals surface area contributed by atoms with Crippen molar-refractivity contribution < 1.29 is 25.5 Å². The number of benzene rings is 2. The smallest absolute Gasteiger partial charge is 0.200 e. The van der Waals surface area contributed by atoms with Crippen molar-refractivity contribution in [1.82, 2.24) is 0 Å². The maximum Gasteiger partial charge on any atom is 0.200 e. The quantitative estimate of drug-likeness (QED) is 0.534. The highest BCUT2D eigenvalue weighted by Gasteiger charge is 2.14. The van der Waals surface area contributed by atoms with Crippen LogP contribution in [0.5, 0.6) is 28.7 Å². The van der Waals surface area contributed by atoms with E-state index >= 15 is 0 Å². The molecule has 2 aromatic rings. The molecule has 100 valence electrons. The molecule has 0 bridgehead atoms. The van der Waals surface area contributed by atoms with Gasteiger partial charge in [0.2, 0.25) is 5.75 Å². The van der Waals surface area contributed by atoms with Crippen LogP contribution in [-0.4, -0.2) is 25.5 Å². The van der Waals surface area contributed by atoms with Crippen molar-refractivity contribution in [3.8, 4) is 28.7 Å². The van der Waals surface area contributed by atoms with Gasteiger partial charge in [-0.2, -0.15) is 0 Å². The van der Waals surface area contributed by atoms with Crippen LogP contribution in [0, 0.1) is 6.92 Å². The molecule has 0 saturated heterocycles. The summed E-state index contributed by atoms with van der Waals surface area (Å²) >= 11 is 0. The Labute approximate surface area is 109 Å². The Kier molecular flexibility index (Phi) is 3.12. The summed E-state index contributed by atoms with van der Waals surface area (Å²) in [5.41, 5.74) is 1.20. The molecule has 0 aliphatic rings. The number of hydrogen-bond acceptors (Lipinski definition) is 5. The van der Waals surface area contributed by atoms with Gasteiger partial charge in [-0.3, -0.25) is 0 Å². The first-order chi connectivity index (χ1) is 8.91. The molecule has 5 N–H and O–H groups in total. The highest BCUT2D eigenvalue weighted by molar-refractivity contribution is 5.56. The van der Waals surface area contributed by atoms with Crippen LogP contribution in [0.1, 0.15) is 16.7 Å². The monoisotopic (exact) mass is 262 g/mol. The molecule has 2 aromatic carbocycles. The van der Waals surface area contributed by atoms with Crippen LogP contribution in [0.15, 0.2) is 24.3 Å². The predicted octanol–water partition coefficient (Wildman–Crippen LogP) is 2.11. The summed E-state index contributed by atoms with van der Waals surface area (Å²) in [6, 6.07) is 5.68. The van der Waals surface area contributed by atoms with Crippen molar-refractivity contribution in [3.63, 3.8) is 0 Å². The fourth-order valence-corrected chi connectivity index (χ4v) is 1.85.